The minimum absolute atomic E-state index is 0.0380. The summed E-state index contributed by atoms with van der Waals surface area (Å²) >= 11 is 0. The Morgan fingerprint density at radius 3 is 1.58 bits per heavy atom. The Bertz CT molecular complexity index is 2230. The van der Waals surface area contributed by atoms with Crippen molar-refractivity contribution in [1.29, 1.82) is 0 Å². The molecule has 50 heavy (non-hydrogen) atoms. The van der Waals surface area contributed by atoms with Crippen LogP contribution in [0.3, 0.4) is 0 Å². The summed E-state index contributed by atoms with van der Waals surface area (Å²) in [5.41, 5.74) is 7.49. The summed E-state index contributed by atoms with van der Waals surface area (Å²) in [4.78, 5) is 16.7. The topological polar surface area (TPSA) is 109 Å². The van der Waals surface area contributed by atoms with Gasteiger partial charge < -0.3 is 24.1 Å². The second kappa shape index (κ2) is 13.1. The Balaban J connectivity index is 0.000000157. The molecule has 1 N–H and O–H groups in total. The number of allylic oxidation sites excluding steroid dienone is 2. The molecule has 0 amide bonds. The number of ether oxygens (including phenoxy) is 4. The molecule has 9 nitrogen and oxygen atoms in total. The molecule has 0 aliphatic heterocycles. The number of hydrogen-bond acceptors (Lipinski definition) is 9. The zero-order chi connectivity index (χ0) is 35.1. The maximum atomic E-state index is 14.8. The number of phenolic OH excluding ortho intramolecular Hbond substituents is 1. The zero-order valence-electron chi connectivity index (χ0n) is 28.0. The van der Waals surface area contributed by atoms with Crippen LogP contribution in [0, 0.1) is 18.6 Å². The highest BCUT2D eigenvalue weighted by molar-refractivity contribution is 5.87. The van der Waals surface area contributed by atoms with E-state index in [0.717, 1.165) is 46.2 Å². The first kappa shape index (κ1) is 32.4. The van der Waals surface area contributed by atoms with Crippen molar-refractivity contribution in [1.82, 2.24) is 19.9 Å². The molecule has 2 heterocycles. The predicted octanol–water partition coefficient (Wildman–Crippen LogP) is 9.07. The molecular weight excluding hydrogens is 642 g/mol. The van der Waals surface area contributed by atoms with Crippen molar-refractivity contribution in [3.63, 3.8) is 0 Å². The van der Waals surface area contributed by atoms with Gasteiger partial charge in [-0.05, 0) is 80.6 Å². The van der Waals surface area contributed by atoms with E-state index >= 15 is 0 Å². The van der Waals surface area contributed by atoms with Crippen LogP contribution in [0.1, 0.15) is 41.7 Å². The SMILES string of the molecule is COc1cc2c(Oc3ccc4c(c3F)C=C(C)C4)ncnc2cc1C.COc1cc2c(Oc3ccc4c(c3F)C=C(C)C4)ncnc2cc1O. The molecule has 2 aliphatic rings. The summed E-state index contributed by atoms with van der Waals surface area (Å²) in [5.74, 6) is 0.916. The molecule has 0 radical (unpaired) electrons. The lowest BCUT2D eigenvalue weighted by molar-refractivity contribution is 0.374. The number of aromatic hydroxyl groups is 1. The Morgan fingerprint density at radius 1 is 0.600 bits per heavy atom. The fourth-order valence-corrected chi connectivity index (χ4v) is 6.17. The van der Waals surface area contributed by atoms with Gasteiger partial charge in [-0.2, -0.15) is 0 Å². The first-order valence-corrected chi connectivity index (χ1v) is 15.8. The van der Waals surface area contributed by atoms with Gasteiger partial charge in [-0.1, -0.05) is 35.4 Å². The van der Waals surface area contributed by atoms with E-state index in [4.69, 9.17) is 18.9 Å². The van der Waals surface area contributed by atoms with Crippen LogP contribution >= 0.6 is 0 Å². The molecule has 0 bridgehead atoms. The molecule has 0 saturated carbocycles. The number of fused-ring (bicyclic) bond motifs is 4. The van der Waals surface area contributed by atoms with Crippen LogP contribution in [-0.2, 0) is 12.8 Å². The van der Waals surface area contributed by atoms with Crippen molar-refractivity contribution in [2.24, 2.45) is 0 Å². The number of nitrogens with zero attached hydrogens (tertiary/aromatic N) is 4. The van der Waals surface area contributed by atoms with Crippen LogP contribution in [0.4, 0.5) is 8.78 Å². The maximum absolute atomic E-state index is 14.8. The van der Waals surface area contributed by atoms with Crippen molar-refractivity contribution in [2.75, 3.05) is 14.2 Å². The highest BCUT2D eigenvalue weighted by Crippen LogP contribution is 2.39. The number of aromatic nitrogens is 4. The molecule has 8 rings (SSSR count). The summed E-state index contributed by atoms with van der Waals surface area (Å²) in [6.45, 7) is 5.90. The van der Waals surface area contributed by atoms with E-state index < -0.39 is 5.82 Å². The fourth-order valence-electron chi connectivity index (χ4n) is 6.17. The lowest BCUT2D eigenvalue weighted by Gasteiger charge is -2.12. The Labute approximate surface area is 286 Å². The van der Waals surface area contributed by atoms with Crippen molar-refractivity contribution in [3.8, 4) is 40.5 Å². The number of benzene rings is 4. The third-order valence-corrected chi connectivity index (χ3v) is 8.62. The average molecular weight is 675 g/mol. The lowest BCUT2D eigenvalue weighted by atomic mass is 10.1. The summed E-state index contributed by atoms with van der Waals surface area (Å²) in [7, 11) is 3.05. The molecule has 4 aromatic carbocycles. The van der Waals surface area contributed by atoms with Crippen LogP contribution in [0.2, 0.25) is 0 Å². The van der Waals surface area contributed by atoms with Crippen molar-refractivity contribution in [2.45, 2.75) is 33.6 Å². The lowest BCUT2D eigenvalue weighted by Crippen LogP contribution is -1.97. The Morgan fingerprint density at radius 2 is 1.08 bits per heavy atom. The van der Waals surface area contributed by atoms with Gasteiger partial charge in [-0.3, -0.25) is 0 Å². The van der Waals surface area contributed by atoms with E-state index in [9.17, 15) is 13.9 Å². The average Bonchev–Trinajstić information content (AvgIpc) is 3.69. The van der Waals surface area contributed by atoms with E-state index in [2.05, 4.69) is 19.9 Å². The molecule has 0 spiro atoms. The van der Waals surface area contributed by atoms with Gasteiger partial charge in [0.25, 0.3) is 0 Å². The second-order valence-electron chi connectivity index (χ2n) is 12.2. The molecule has 0 saturated heterocycles. The van der Waals surface area contributed by atoms with E-state index in [1.807, 2.05) is 57.2 Å². The van der Waals surface area contributed by atoms with Crippen molar-refractivity contribution in [3.05, 3.63) is 112 Å². The fraction of sp³-hybridized carbons (Fsp3) is 0.179. The van der Waals surface area contributed by atoms with Gasteiger partial charge in [-0.15, -0.1) is 0 Å². The summed E-state index contributed by atoms with van der Waals surface area (Å²) < 4.78 is 51.6. The number of hydrogen-bond donors (Lipinski definition) is 1. The monoisotopic (exact) mass is 674 g/mol. The minimum Gasteiger partial charge on any atom is -0.504 e. The summed E-state index contributed by atoms with van der Waals surface area (Å²) in [6, 6.07) is 13.7. The number of rotatable bonds is 6. The first-order valence-electron chi connectivity index (χ1n) is 15.8. The number of halogens is 2. The first-order chi connectivity index (χ1) is 24.1. The third-order valence-electron chi connectivity index (χ3n) is 8.62. The van der Waals surface area contributed by atoms with Crippen molar-refractivity contribution < 1.29 is 32.8 Å². The second-order valence-corrected chi connectivity index (χ2v) is 12.2. The van der Waals surface area contributed by atoms with Gasteiger partial charge in [0.05, 0.1) is 36.0 Å². The molecule has 2 aromatic heterocycles. The molecule has 2 aliphatic carbocycles. The van der Waals surface area contributed by atoms with Gasteiger partial charge in [0.15, 0.2) is 34.6 Å². The molecule has 11 heteroatoms. The van der Waals surface area contributed by atoms with Gasteiger partial charge in [0.1, 0.15) is 18.4 Å². The molecule has 6 aromatic rings. The van der Waals surface area contributed by atoms with E-state index in [1.165, 1.54) is 25.8 Å². The molecule has 0 unspecified atom stereocenters. The number of methoxy groups -OCH3 is 2. The van der Waals surface area contributed by atoms with Crippen LogP contribution in [0.15, 0.2) is 72.3 Å². The van der Waals surface area contributed by atoms with Gasteiger partial charge in [0, 0.05) is 17.2 Å². The van der Waals surface area contributed by atoms with Crippen LogP contribution < -0.4 is 18.9 Å². The largest absolute Gasteiger partial charge is 0.504 e. The van der Waals surface area contributed by atoms with Gasteiger partial charge in [0.2, 0.25) is 11.8 Å². The molecule has 252 valence electrons. The summed E-state index contributed by atoms with van der Waals surface area (Å²) in [5, 5.41) is 11.1. The molecule has 0 atom stereocenters. The van der Waals surface area contributed by atoms with Gasteiger partial charge in [-0.25, -0.2) is 28.7 Å². The summed E-state index contributed by atoms with van der Waals surface area (Å²) in [6.07, 6.45) is 7.94. The quantitative estimate of drug-likeness (QED) is 0.185. The highest BCUT2D eigenvalue weighted by atomic mass is 19.1. The molecular formula is C39H32F2N4O5. The number of phenols is 1. The Hall–Kier alpha value is -6.10. The van der Waals surface area contributed by atoms with E-state index in [0.29, 0.717) is 39.0 Å². The normalized spacial score (nSPS) is 12.9. The highest BCUT2D eigenvalue weighted by Gasteiger charge is 2.21. The Kier molecular flexibility index (Phi) is 8.48. The minimum atomic E-state index is -0.410. The predicted molar refractivity (Wildman–Crippen MR) is 186 cm³/mol. The van der Waals surface area contributed by atoms with E-state index in [1.54, 1.807) is 25.3 Å². The van der Waals surface area contributed by atoms with Crippen LogP contribution in [0.25, 0.3) is 34.0 Å². The van der Waals surface area contributed by atoms with Crippen LogP contribution in [-0.4, -0.2) is 39.3 Å². The smallest absolute Gasteiger partial charge is 0.230 e. The van der Waals surface area contributed by atoms with Gasteiger partial charge >= 0.3 is 0 Å². The molecule has 0 fully saturated rings. The van der Waals surface area contributed by atoms with Crippen LogP contribution in [0.5, 0.6) is 40.5 Å². The zero-order valence-corrected chi connectivity index (χ0v) is 28.0. The standard InChI is InChI=1S/C20H17FN2O2.C19H15FN2O3/c1-11-6-13-4-5-17(19(21)14(13)7-11)25-20-15-9-18(24-3)12(2)8-16(15)22-10-23-20;1-10-5-11-3-4-16(18(20)12(11)6-10)25-19-13-7-17(24-2)15(23)8-14(13)21-9-22-19/h4-5,7-10H,6H2,1-3H3;3-4,6-9,23H,5H2,1-2H3. The van der Waals surface area contributed by atoms with Crippen molar-refractivity contribution >= 4 is 34.0 Å². The number of aryl methyl sites for hydroxylation is 1. The van der Waals surface area contributed by atoms with E-state index in [-0.39, 0.29) is 34.7 Å². The third kappa shape index (κ3) is 6.02. The maximum Gasteiger partial charge on any atom is 0.230 e.